The van der Waals surface area contributed by atoms with Gasteiger partial charge in [-0.1, -0.05) is 6.92 Å². The predicted octanol–water partition coefficient (Wildman–Crippen LogP) is 3.05. The van der Waals surface area contributed by atoms with Crippen molar-refractivity contribution in [2.24, 2.45) is 11.1 Å². The number of hydrogen-bond donors (Lipinski definition) is 1. The molecule has 1 aliphatic heterocycles. The summed E-state index contributed by atoms with van der Waals surface area (Å²) in [4.78, 5) is 3.43. The average molecular weight is 405 g/mol. The molecule has 152 valence electrons. The largest absolute Gasteiger partial charge is 0.417 e. The van der Waals surface area contributed by atoms with Crippen molar-refractivity contribution < 1.29 is 21.6 Å². The Kier molecular flexibility index (Phi) is 5.74. The predicted molar refractivity (Wildman–Crippen MR) is 98.0 cm³/mol. The zero-order valence-corrected chi connectivity index (χ0v) is 16.2. The third-order valence-electron chi connectivity index (χ3n) is 5.76. The van der Waals surface area contributed by atoms with E-state index in [2.05, 4.69) is 11.8 Å². The van der Waals surface area contributed by atoms with Crippen molar-refractivity contribution in [1.82, 2.24) is 4.90 Å². The van der Waals surface area contributed by atoms with Gasteiger partial charge in [-0.2, -0.15) is 13.2 Å². The van der Waals surface area contributed by atoms with Crippen LogP contribution in [0.4, 0.5) is 18.9 Å². The van der Waals surface area contributed by atoms with Crippen LogP contribution in [0.5, 0.6) is 0 Å². The molecule has 0 radical (unpaired) electrons. The Morgan fingerprint density at radius 3 is 2.15 bits per heavy atom. The minimum absolute atomic E-state index is 0.381. The fourth-order valence-corrected chi connectivity index (χ4v) is 4.88. The number of piperazine rings is 1. The summed E-state index contributed by atoms with van der Waals surface area (Å²) >= 11 is 0. The normalized spacial score (nSPS) is 25.6. The van der Waals surface area contributed by atoms with E-state index in [1.54, 1.807) is 0 Å². The zero-order chi connectivity index (χ0) is 19.8. The van der Waals surface area contributed by atoms with Crippen molar-refractivity contribution in [2.45, 2.75) is 49.7 Å². The molecule has 3 rings (SSSR count). The van der Waals surface area contributed by atoms with Gasteiger partial charge in [0.25, 0.3) is 0 Å². The maximum atomic E-state index is 13.3. The summed E-state index contributed by atoms with van der Waals surface area (Å²) in [5, 5.41) is 4.95. The molecule has 0 aromatic heterocycles. The highest BCUT2D eigenvalue weighted by molar-refractivity contribution is 7.89. The molecule has 2 fully saturated rings. The van der Waals surface area contributed by atoms with E-state index in [0.717, 1.165) is 31.1 Å². The SMILES string of the molecule is CC1CCC(N2CCN(c3ccc(S(N)(=O)=O)c(C(F)(F)F)c3)CC2)CC1. The van der Waals surface area contributed by atoms with Crippen LogP contribution in [0.2, 0.25) is 0 Å². The molecule has 9 heteroatoms. The molecule has 1 saturated carbocycles. The fraction of sp³-hybridized carbons (Fsp3) is 0.667. The van der Waals surface area contributed by atoms with Gasteiger partial charge in [0.05, 0.1) is 10.5 Å². The van der Waals surface area contributed by atoms with Gasteiger partial charge >= 0.3 is 6.18 Å². The maximum absolute atomic E-state index is 13.3. The molecular formula is C18H26F3N3O2S. The van der Waals surface area contributed by atoms with E-state index in [1.807, 2.05) is 4.90 Å². The second-order valence-electron chi connectivity index (χ2n) is 7.66. The van der Waals surface area contributed by atoms with Crippen LogP contribution >= 0.6 is 0 Å². The van der Waals surface area contributed by atoms with Gasteiger partial charge in [-0.15, -0.1) is 0 Å². The molecule has 0 unspecified atom stereocenters. The van der Waals surface area contributed by atoms with Gasteiger partial charge in [0, 0.05) is 37.9 Å². The van der Waals surface area contributed by atoms with Crippen LogP contribution in [0, 0.1) is 5.92 Å². The molecule has 1 heterocycles. The second-order valence-corrected chi connectivity index (χ2v) is 9.19. The topological polar surface area (TPSA) is 66.6 Å². The molecule has 1 aromatic rings. The standard InChI is InChI=1S/C18H26F3N3O2S/c1-13-2-4-14(5-3-13)23-8-10-24(11-9-23)15-6-7-17(27(22,25)26)16(12-15)18(19,20)21/h6-7,12-14H,2-5,8-11H2,1H3,(H2,22,25,26). The molecule has 2 aliphatic rings. The number of nitrogens with two attached hydrogens (primary N) is 1. The number of rotatable bonds is 3. The highest BCUT2D eigenvalue weighted by Crippen LogP contribution is 2.36. The van der Waals surface area contributed by atoms with Crippen molar-refractivity contribution in [3.8, 4) is 0 Å². The molecular weight excluding hydrogens is 379 g/mol. The molecule has 0 amide bonds. The highest BCUT2D eigenvalue weighted by Gasteiger charge is 2.37. The van der Waals surface area contributed by atoms with E-state index in [1.165, 1.54) is 31.7 Å². The Labute approximate surface area is 158 Å². The summed E-state index contributed by atoms with van der Waals surface area (Å²) < 4.78 is 62.9. The molecule has 1 saturated heterocycles. The molecule has 0 spiro atoms. The number of benzene rings is 1. The molecule has 0 bridgehead atoms. The number of sulfonamides is 1. The first-order valence-corrected chi connectivity index (χ1v) is 10.8. The summed E-state index contributed by atoms with van der Waals surface area (Å²) in [6, 6.07) is 3.84. The lowest BCUT2D eigenvalue weighted by Gasteiger charge is -2.42. The van der Waals surface area contributed by atoms with Crippen molar-refractivity contribution in [2.75, 3.05) is 31.1 Å². The lowest BCUT2D eigenvalue weighted by Crippen LogP contribution is -2.51. The average Bonchev–Trinajstić information content (AvgIpc) is 2.60. The summed E-state index contributed by atoms with van der Waals surface area (Å²) in [7, 11) is -4.44. The van der Waals surface area contributed by atoms with Crippen LogP contribution in [-0.4, -0.2) is 45.5 Å². The molecule has 2 N–H and O–H groups in total. The first-order valence-electron chi connectivity index (χ1n) is 9.29. The van der Waals surface area contributed by atoms with E-state index in [9.17, 15) is 21.6 Å². The van der Waals surface area contributed by atoms with Crippen LogP contribution in [0.1, 0.15) is 38.2 Å². The van der Waals surface area contributed by atoms with Crippen molar-refractivity contribution in [1.29, 1.82) is 0 Å². The van der Waals surface area contributed by atoms with Crippen LogP contribution in [0.15, 0.2) is 23.1 Å². The van der Waals surface area contributed by atoms with E-state index < -0.39 is 26.7 Å². The monoisotopic (exact) mass is 405 g/mol. The number of anilines is 1. The van der Waals surface area contributed by atoms with Crippen molar-refractivity contribution in [3.63, 3.8) is 0 Å². The quantitative estimate of drug-likeness (QED) is 0.839. The van der Waals surface area contributed by atoms with Gasteiger partial charge < -0.3 is 4.90 Å². The van der Waals surface area contributed by atoms with Crippen LogP contribution in [0.25, 0.3) is 0 Å². The van der Waals surface area contributed by atoms with Gasteiger partial charge in [0.15, 0.2) is 0 Å². The maximum Gasteiger partial charge on any atom is 0.417 e. The summed E-state index contributed by atoms with van der Waals surface area (Å²) in [5.74, 6) is 0.778. The molecule has 1 aliphatic carbocycles. The van der Waals surface area contributed by atoms with Gasteiger partial charge in [-0.3, -0.25) is 4.90 Å². The number of hydrogen-bond acceptors (Lipinski definition) is 4. The van der Waals surface area contributed by atoms with Crippen molar-refractivity contribution >= 4 is 15.7 Å². The van der Waals surface area contributed by atoms with E-state index >= 15 is 0 Å². The Morgan fingerprint density at radius 2 is 1.63 bits per heavy atom. The first kappa shape index (κ1) is 20.4. The Morgan fingerprint density at radius 1 is 1.04 bits per heavy atom. The van der Waals surface area contributed by atoms with Crippen molar-refractivity contribution in [3.05, 3.63) is 23.8 Å². The lowest BCUT2D eigenvalue weighted by atomic mass is 9.86. The molecule has 0 atom stereocenters. The summed E-state index contributed by atoms with van der Waals surface area (Å²) in [5.41, 5.74) is -0.821. The van der Waals surface area contributed by atoms with E-state index in [0.29, 0.717) is 24.8 Å². The zero-order valence-electron chi connectivity index (χ0n) is 15.4. The minimum atomic E-state index is -4.78. The first-order chi connectivity index (χ1) is 12.6. The number of halogens is 3. The van der Waals surface area contributed by atoms with Crippen LogP contribution in [0.3, 0.4) is 0 Å². The van der Waals surface area contributed by atoms with Crippen LogP contribution < -0.4 is 10.0 Å². The Balaban J connectivity index is 1.73. The number of alkyl halides is 3. The summed E-state index contributed by atoms with van der Waals surface area (Å²) in [6.45, 7) is 5.13. The lowest BCUT2D eigenvalue weighted by molar-refractivity contribution is -0.139. The van der Waals surface area contributed by atoms with Gasteiger partial charge in [-0.25, -0.2) is 13.6 Å². The van der Waals surface area contributed by atoms with E-state index in [-0.39, 0.29) is 0 Å². The number of primary sulfonamides is 1. The molecule has 27 heavy (non-hydrogen) atoms. The third-order valence-corrected chi connectivity index (χ3v) is 6.73. The van der Waals surface area contributed by atoms with Gasteiger partial charge in [-0.05, 0) is 49.8 Å². The smallest absolute Gasteiger partial charge is 0.369 e. The minimum Gasteiger partial charge on any atom is -0.369 e. The molecule has 5 nitrogen and oxygen atoms in total. The fourth-order valence-electron chi connectivity index (χ4n) is 4.14. The third kappa shape index (κ3) is 4.75. The molecule has 1 aromatic carbocycles. The highest BCUT2D eigenvalue weighted by atomic mass is 32.2. The summed E-state index contributed by atoms with van der Waals surface area (Å²) in [6.07, 6.45) is 0.0486. The second kappa shape index (κ2) is 7.60. The Bertz CT molecular complexity index is 767. The van der Waals surface area contributed by atoms with Crippen LogP contribution in [-0.2, 0) is 16.2 Å². The van der Waals surface area contributed by atoms with Gasteiger partial charge in [0.2, 0.25) is 10.0 Å². The van der Waals surface area contributed by atoms with E-state index in [4.69, 9.17) is 5.14 Å². The number of nitrogens with zero attached hydrogens (tertiary/aromatic N) is 2. The van der Waals surface area contributed by atoms with Gasteiger partial charge in [0.1, 0.15) is 0 Å². The Hall–Kier alpha value is -1.32.